The Balaban J connectivity index is 1.66. The molecule has 0 saturated carbocycles. The lowest BCUT2D eigenvalue weighted by atomic mass is 10.1. The summed E-state index contributed by atoms with van der Waals surface area (Å²) >= 11 is 1.51. The number of hydrogen-bond acceptors (Lipinski definition) is 5. The molecule has 0 bridgehead atoms. The van der Waals surface area contributed by atoms with Crippen molar-refractivity contribution in [2.75, 3.05) is 35.6 Å². The summed E-state index contributed by atoms with van der Waals surface area (Å²) in [6.45, 7) is 4.56. The van der Waals surface area contributed by atoms with Gasteiger partial charge in [-0.25, -0.2) is 8.42 Å². The molecule has 4 rings (SSSR count). The van der Waals surface area contributed by atoms with Gasteiger partial charge in [0.25, 0.3) is 0 Å². The van der Waals surface area contributed by atoms with E-state index >= 15 is 0 Å². The molecule has 2 aliphatic rings. The van der Waals surface area contributed by atoms with Gasteiger partial charge in [0.15, 0.2) is 0 Å². The van der Waals surface area contributed by atoms with Gasteiger partial charge in [-0.3, -0.25) is 9.59 Å². The number of benzene rings is 2. The Bertz CT molecular complexity index is 1140. The Morgan fingerprint density at radius 1 is 1.16 bits per heavy atom. The number of nitrogens with zero attached hydrogens (tertiary/aromatic N) is 2. The maximum absolute atomic E-state index is 13.2. The average molecular weight is 474 g/mol. The highest BCUT2D eigenvalue weighted by Crippen LogP contribution is 2.38. The average Bonchev–Trinajstić information content (AvgIpc) is 3.29. The molecule has 1 N–H and O–H groups in total. The molecular weight excluding hydrogens is 446 g/mol. The molecule has 9 heteroatoms. The van der Waals surface area contributed by atoms with Crippen LogP contribution in [0.4, 0.5) is 11.4 Å². The van der Waals surface area contributed by atoms with Gasteiger partial charge in [-0.15, -0.1) is 11.8 Å². The Hall–Kier alpha value is -2.36. The summed E-state index contributed by atoms with van der Waals surface area (Å²) < 4.78 is 27.7. The molecule has 0 radical (unpaired) electrons. The SMILES string of the molecule is Cc1ccccc1NC(=O)CN1C(=O)C(C)CSc2ccc(S(=O)(=O)N3CCCC3)cc21. The van der Waals surface area contributed by atoms with Gasteiger partial charge in [-0.1, -0.05) is 25.1 Å². The van der Waals surface area contributed by atoms with E-state index < -0.39 is 10.0 Å². The lowest BCUT2D eigenvalue weighted by Crippen LogP contribution is -2.41. The van der Waals surface area contributed by atoms with Crippen molar-refractivity contribution >= 4 is 45.0 Å². The van der Waals surface area contributed by atoms with Crippen LogP contribution in [0.3, 0.4) is 0 Å². The molecule has 170 valence electrons. The van der Waals surface area contributed by atoms with E-state index in [9.17, 15) is 18.0 Å². The zero-order valence-corrected chi connectivity index (χ0v) is 19.8. The van der Waals surface area contributed by atoms with Crippen molar-refractivity contribution in [1.82, 2.24) is 4.31 Å². The number of amides is 2. The van der Waals surface area contributed by atoms with E-state index in [-0.39, 0.29) is 29.2 Å². The summed E-state index contributed by atoms with van der Waals surface area (Å²) in [5, 5.41) is 2.87. The lowest BCUT2D eigenvalue weighted by molar-refractivity contribution is -0.123. The summed E-state index contributed by atoms with van der Waals surface area (Å²) in [5.41, 5.74) is 2.09. The van der Waals surface area contributed by atoms with Gasteiger partial charge in [0.05, 0.1) is 10.6 Å². The quantitative estimate of drug-likeness (QED) is 0.718. The molecule has 0 aliphatic carbocycles. The van der Waals surface area contributed by atoms with Crippen LogP contribution in [-0.4, -0.2) is 49.9 Å². The first-order chi connectivity index (χ1) is 15.3. The lowest BCUT2D eigenvalue weighted by Gasteiger charge is -2.25. The first-order valence-corrected chi connectivity index (χ1v) is 13.1. The number of hydrogen-bond donors (Lipinski definition) is 1. The van der Waals surface area contributed by atoms with Crippen LogP contribution in [0.25, 0.3) is 0 Å². The molecule has 1 unspecified atom stereocenters. The smallest absolute Gasteiger partial charge is 0.244 e. The second-order valence-corrected chi connectivity index (χ2v) is 11.2. The van der Waals surface area contributed by atoms with Crippen LogP contribution < -0.4 is 10.2 Å². The predicted octanol–water partition coefficient (Wildman–Crippen LogP) is 3.49. The maximum Gasteiger partial charge on any atom is 0.244 e. The Kier molecular flexibility index (Phi) is 6.60. The molecule has 2 aromatic rings. The number of rotatable bonds is 5. The van der Waals surface area contributed by atoms with Gasteiger partial charge in [0, 0.05) is 35.3 Å². The summed E-state index contributed by atoms with van der Waals surface area (Å²) in [6, 6.07) is 12.3. The molecule has 0 aromatic heterocycles. The number of sulfonamides is 1. The Morgan fingerprint density at radius 3 is 2.59 bits per heavy atom. The highest BCUT2D eigenvalue weighted by molar-refractivity contribution is 7.99. The molecular formula is C23H27N3O4S2. The van der Waals surface area contributed by atoms with E-state index in [0.717, 1.165) is 23.3 Å². The van der Waals surface area contributed by atoms with Gasteiger partial charge in [0.2, 0.25) is 21.8 Å². The number of carbonyl (C=O) groups is 2. The van der Waals surface area contributed by atoms with Gasteiger partial charge in [0.1, 0.15) is 6.54 Å². The van der Waals surface area contributed by atoms with Crippen LogP contribution in [0.5, 0.6) is 0 Å². The number of aryl methyl sites for hydroxylation is 1. The standard InChI is InChI=1S/C23H27N3O4S2/c1-16-7-3-4-8-19(16)24-22(27)14-26-20-13-18(32(29,30)25-11-5-6-12-25)9-10-21(20)31-15-17(2)23(26)28/h3-4,7-10,13,17H,5-6,11-12,14-15H2,1-2H3,(H,24,27). The van der Waals surface area contributed by atoms with Crippen LogP contribution in [0, 0.1) is 12.8 Å². The second-order valence-electron chi connectivity index (χ2n) is 8.24. The highest BCUT2D eigenvalue weighted by Gasteiger charge is 2.33. The molecule has 2 aromatic carbocycles. The van der Waals surface area contributed by atoms with E-state index in [4.69, 9.17) is 0 Å². The van der Waals surface area contributed by atoms with Crippen molar-refractivity contribution in [2.24, 2.45) is 5.92 Å². The number of fused-ring (bicyclic) bond motifs is 1. The number of para-hydroxylation sites is 1. The molecule has 2 aliphatic heterocycles. The van der Waals surface area contributed by atoms with Crippen molar-refractivity contribution < 1.29 is 18.0 Å². The highest BCUT2D eigenvalue weighted by atomic mass is 32.2. The number of carbonyl (C=O) groups excluding carboxylic acids is 2. The van der Waals surface area contributed by atoms with Crippen molar-refractivity contribution in [3.05, 3.63) is 48.0 Å². The minimum absolute atomic E-state index is 0.158. The van der Waals surface area contributed by atoms with E-state index in [1.807, 2.05) is 38.1 Å². The molecule has 32 heavy (non-hydrogen) atoms. The fourth-order valence-electron chi connectivity index (χ4n) is 3.95. The zero-order valence-electron chi connectivity index (χ0n) is 18.2. The number of thioether (sulfide) groups is 1. The van der Waals surface area contributed by atoms with E-state index in [1.54, 1.807) is 18.2 Å². The normalized spacial score (nSPS) is 19.5. The summed E-state index contributed by atoms with van der Waals surface area (Å²) in [7, 11) is -3.64. The largest absolute Gasteiger partial charge is 0.324 e. The van der Waals surface area contributed by atoms with E-state index in [0.29, 0.717) is 30.2 Å². The number of nitrogens with one attached hydrogen (secondary N) is 1. The topological polar surface area (TPSA) is 86.8 Å². The monoisotopic (exact) mass is 473 g/mol. The van der Waals surface area contributed by atoms with Crippen LogP contribution in [0.15, 0.2) is 52.3 Å². The molecule has 2 heterocycles. The summed E-state index contributed by atoms with van der Waals surface area (Å²) in [4.78, 5) is 28.4. The molecule has 1 fully saturated rings. The number of anilines is 2. The molecule has 1 saturated heterocycles. The summed E-state index contributed by atoms with van der Waals surface area (Å²) in [5.74, 6) is -0.241. The van der Waals surface area contributed by atoms with Gasteiger partial charge >= 0.3 is 0 Å². The zero-order chi connectivity index (χ0) is 22.9. The second kappa shape index (κ2) is 9.25. The van der Waals surface area contributed by atoms with E-state index in [2.05, 4.69) is 5.32 Å². The van der Waals surface area contributed by atoms with Crippen molar-refractivity contribution in [3.8, 4) is 0 Å². The predicted molar refractivity (Wildman–Crippen MR) is 126 cm³/mol. The van der Waals surface area contributed by atoms with Crippen molar-refractivity contribution in [3.63, 3.8) is 0 Å². The molecule has 7 nitrogen and oxygen atoms in total. The molecule has 0 spiro atoms. The van der Waals surface area contributed by atoms with Crippen LogP contribution in [0.2, 0.25) is 0 Å². The first-order valence-electron chi connectivity index (χ1n) is 10.7. The van der Waals surface area contributed by atoms with Crippen LogP contribution in [0.1, 0.15) is 25.3 Å². The van der Waals surface area contributed by atoms with Crippen LogP contribution in [-0.2, 0) is 19.6 Å². The summed E-state index contributed by atoms with van der Waals surface area (Å²) in [6.07, 6.45) is 1.70. The van der Waals surface area contributed by atoms with Gasteiger partial charge in [-0.2, -0.15) is 4.31 Å². The third kappa shape index (κ3) is 4.55. The van der Waals surface area contributed by atoms with Gasteiger partial charge in [-0.05, 0) is 49.6 Å². The molecule has 1 atom stereocenters. The first kappa shape index (κ1) is 22.8. The third-order valence-corrected chi connectivity index (χ3v) is 9.04. The van der Waals surface area contributed by atoms with Crippen molar-refractivity contribution in [2.45, 2.75) is 36.5 Å². The fourth-order valence-corrected chi connectivity index (χ4v) is 6.54. The minimum Gasteiger partial charge on any atom is -0.324 e. The minimum atomic E-state index is -3.64. The van der Waals surface area contributed by atoms with E-state index in [1.165, 1.54) is 21.0 Å². The Morgan fingerprint density at radius 2 is 1.88 bits per heavy atom. The fraction of sp³-hybridized carbons (Fsp3) is 0.391. The Labute approximate surface area is 193 Å². The molecule has 2 amide bonds. The van der Waals surface area contributed by atoms with Crippen LogP contribution >= 0.6 is 11.8 Å². The van der Waals surface area contributed by atoms with Crippen molar-refractivity contribution in [1.29, 1.82) is 0 Å². The van der Waals surface area contributed by atoms with Gasteiger partial charge < -0.3 is 10.2 Å². The maximum atomic E-state index is 13.2. The third-order valence-electron chi connectivity index (χ3n) is 5.82.